The second-order valence-corrected chi connectivity index (χ2v) is 4.72. The standard InChI is InChI=1S/C14H18N2O3/c1-9(2)16(5-6-17)14(18)13-8-10-7-11(15)3-4-12(10)19-13/h3-4,7-9,17H,5-6,15H2,1-2H3. The van der Waals surface area contributed by atoms with Crippen LogP contribution in [0.4, 0.5) is 5.69 Å². The van der Waals surface area contributed by atoms with E-state index in [2.05, 4.69) is 0 Å². The van der Waals surface area contributed by atoms with E-state index in [9.17, 15) is 4.79 Å². The number of carbonyl (C=O) groups is 1. The van der Waals surface area contributed by atoms with Crippen LogP contribution in [0.5, 0.6) is 0 Å². The van der Waals surface area contributed by atoms with Crippen molar-refractivity contribution in [2.45, 2.75) is 19.9 Å². The smallest absolute Gasteiger partial charge is 0.289 e. The molecular formula is C14H18N2O3. The lowest BCUT2D eigenvalue weighted by Crippen LogP contribution is -2.38. The third-order valence-electron chi connectivity index (χ3n) is 2.98. The molecule has 0 atom stereocenters. The SMILES string of the molecule is CC(C)N(CCO)C(=O)c1cc2cc(N)ccc2o1. The first-order valence-electron chi connectivity index (χ1n) is 6.24. The molecule has 102 valence electrons. The maximum atomic E-state index is 12.3. The molecule has 0 radical (unpaired) electrons. The third kappa shape index (κ3) is 2.71. The van der Waals surface area contributed by atoms with E-state index >= 15 is 0 Å². The first kappa shape index (κ1) is 13.4. The van der Waals surface area contributed by atoms with Crippen molar-refractivity contribution in [1.82, 2.24) is 4.90 Å². The fourth-order valence-electron chi connectivity index (χ4n) is 2.01. The number of furan rings is 1. The summed E-state index contributed by atoms with van der Waals surface area (Å²) in [6.07, 6.45) is 0. The number of nitrogens with zero attached hydrogens (tertiary/aromatic N) is 1. The van der Waals surface area contributed by atoms with Crippen LogP contribution >= 0.6 is 0 Å². The van der Waals surface area contributed by atoms with Gasteiger partial charge in [-0.2, -0.15) is 0 Å². The van der Waals surface area contributed by atoms with Crippen LogP contribution in [0.15, 0.2) is 28.7 Å². The van der Waals surface area contributed by atoms with E-state index < -0.39 is 0 Å². The van der Waals surface area contributed by atoms with E-state index in [1.54, 1.807) is 29.2 Å². The minimum Gasteiger partial charge on any atom is -0.451 e. The average molecular weight is 262 g/mol. The number of aliphatic hydroxyl groups is 1. The van der Waals surface area contributed by atoms with Crippen molar-refractivity contribution in [3.8, 4) is 0 Å². The summed E-state index contributed by atoms with van der Waals surface area (Å²) in [5.74, 6) is 0.0431. The first-order valence-corrected chi connectivity index (χ1v) is 6.24. The van der Waals surface area contributed by atoms with E-state index in [0.29, 0.717) is 11.3 Å². The van der Waals surface area contributed by atoms with Gasteiger partial charge >= 0.3 is 0 Å². The summed E-state index contributed by atoms with van der Waals surface area (Å²) in [5.41, 5.74) is 6.95. The highest BCUT2D eigenvalue weighted by molar-refractivity contribution is 5.96. The zero-order chi connectivity index (χ0) is 14.0. The van der Waals surface area contributed by atoms with E-state index in [-0.39, 0.29) is 30.9 Å². The molecule has 5 heteroatoms. The number of hydrogen-bond acceptors (Lipinski definition) is 4. The molecule has 0 aliphatic carbocycles. The molecule has 19 heavy (non-hydrogen) atoms. The van der Waals surface area contributed by atoms with Gasteiger partial charge in [0.2, 0.25) is 0 Å². The number of carbonyl (C=O) groups excluding carboxylic acids is 1. The van der Waals surface area contributed by atoms with Crippen LogP contribution in [-0.4, -0.2) is 35.1 Å². The molecule has 0 fully saturated rings. The number of benzene rings is 1. The summed E-state index contributed by atoms with van der Waals surface area (Å²) in [6.45, 7) is 4.01. The molecule has 1 aromatic carbocycles. The van der Waals surface area contributed by atoms with Crippen molar-refractivity contribution < 1.29 is 14.3 Å². The van der Waals surface area contributed by atoms with Crippen LogP contribution < -0.4 is 5.73 Å². The zero-order valence-corrected chi connectivity index (χ0v) is 11.1. The van der Waals surface area contributed by atoms with Gasteiger partial charge in [-0.3, -0.25) is 4.79 Å². The maximum Gasteiger partial charge on any atom is 0.289 e. The van der Waals surface area contributed by atoms with Crippen LogP contribution in [0.2, 0.25) is 0 Å². The lowest BCUT2D eigenvalue weighted by Gasteiger charge is -2.24. The van der Waals surface area contributed by atoms with Crippen molar-refractivity contribution >= 4 is 22.6 Å². The molecule has 1 aromatic heterocycles. The highest BCUT2D eigenvalue weighted by Gasteiger charge is 2.21. The van der Waals surface area contributed by atoms with Crippen LogP contribution in [0.25, 0.3) is 11.0 Å². The van der Waals surface area contributed by atoms with Gasteiger partial charge < -0.3 is 20.2 Å². The summed E-state index contributed by atoms with van der Waals surface area (Å²) in [4.78, 5) is 13.9. The molecule has 1 heterocycles. The predicted molar refractivity (Wildman–Crippen MR) is 73.9 cm³/mol. The largest absolute Gasteiger partial charge is 0.451 e. The minimum atomic E-state index is -0.223. The Hall–Kier alpha value is -2.01. The normalized spacial score (nSPS) is 11.2. The number of nitrogens with two attached hydrogens (primary N) is 1. The molecule has 0 saturated heterocycles. The van der Waals surface area contributed by atoms with Gasteiger partial charge in [0.1, 0.15) is 5.58 Å². The Kier molecular flexibility index (Phi) is 3.76. The van der Waals surface area contributed by atoms with Gasteiger partial charge in [-0.25, -0.2) is 0 Å². The molecule has 0 saturated carbocycles. The van der Waals surface area contributed by atoms with Crippen LogP contribution in [0.1, 0.15) is 24.4 Å². The summed E-state index contributed by atoms with van der Waals surface area (Å²) in [6, 6.07) is 6.92. The summed E-state index contributed by atoms with van der Waals surface area (Å²) in [5, 5.41) is 9.82. The van der Waals surface area contributed by atoms with Crippen molar-refractivity contribution in [2.24, 2.45) is 0 Å². The molecule has 0 aliphatic rings. The topological polar surface area (TPSA) is 79.7 Å². The highest BCUT2D eigenvalue weighted by Crippen LogP contribution is 2.23. The van der Waals surface area contributed by atoms with Crippen LogP contribution in [0.3, 0.4) is 0 Å². The van der Waals surface area contributed by atoms with E-state index in [1.807, 2.05) is 13.8 Å². The first-order chi connectivity index (χ1) is 9.02. The molecule has 1 amide bonds. The molecule has 0 unspecified atom stereocenters. The average Bonchev–Trinajstić information content (AvgIpc) is 2.77. The Morgan fingerprint density at radius 1 is 1.42 bits per heavy atom. The number of nitrogen functional groups attached to an aromatic ring is 1. The molecule has 2 rings (SSSR count). The Morgan fingerprint density at radius 2 is 2.16 bits per heavy atom. The number of anilines is 1. The Balaban J connectivity index is 2.34. The lowest BCUT2D eigenvalue weighted by atomic mass is 10.2. The third-order valence-corrected chi connectivity index (χ3v) is 2.98. The Bertz CT molecular complexity index is 589. The number of aliphatic hydroxyl groups excluding tert-OH is 1. The number of amides is 1. The quantitative estimate of drug-likeness (QED) is 0.824. The van der Waals surface area contributed by atoms with Gasteiger partial charge in [0.15, 0.2) is 5.76 Å². The number of fused-ring (bicyclic) bond motifs is 1. The zero-order valence-electron chi connectivity index (χ0n) is 11.1. The highest BCUT2D eigenvalue weighted by atomic mass is 16.3. The fraction of sp³-hybridized carbons (Fsp3) is 0.357. The van der Waals surface area contributed by atoms with E-state index in [1.165, 1.54) is 0 Å². The van der Waals surface area contributed by atoms with Crippen molar-refractivity contribution in [3.05, 3.63) is 30.0 Å². The number of hydrogen-bond donors (Lipinski definition) is 2. The second-order valence-electron chi connectivity index (χ2n) is 4.72. The van der Waals surface area contributed by atoms with Crippen LogP contribution in [0, 0.1) is 0 Å². The monoisotopic (exact) mass is 262 g/mol. The fourth-order valence-corrected chi connectivity index (χ4v) is 2.01. The molecule has 2 aromatic rings. The predicted octanol–water partition coefficient (Wildman–Crippen LogP) is 1.86. The summed E-state index contributed by atoms with van der Waals surface area (Å²) >= 11 is 0. The van der Waals surface area contributed by atoms with Crippen LogP contribution in [-0.2, 0) is 0 Å². The Labute approximate surface area is 111 Å². The second kappa shape index (κ2) is 5.32. The van der Waals surface area contributed by atoms with Crippen molar-refractivity contribution in [3.63, 3.8) is 0 Å². The van der Waals surface area contributed by atoms with Gasteiger partial charge in [-0.15, -0.1) is 0 Å². The van der Waals surface area contributed by atoms with E-state index in [0.717, 1.165) is 5.39 Å². The molecule has 3 N–H and O–H groups in total. The molecule has 0 spiro atoms. The van der Waals surface area contributed by atoms with Crippen molar-refractivity contribution in [2.75, 3.05) is 18.9 Å². The molecule has 5 nitrogen and oxygen atoms in total. The lowest BCUT2D eigenvalue weighted by molar-refractivity contribution is 0.0635. The van der Waals surface area contributed by atoms with Gasteiger partial charge in [0.25, 0.3) is 5.91 Å². The van der Waals surface area contributed by atoms with Gasteiger partial charge in [0.05, 0.1) is 6.61 Å². The number of rotatable bonds is 4. The Morgan fingerprint density at radius 3 is 2.79 bits per heavy atom. The van der Waals surface area contributed by atoms with Gasteiger partial charge in [0, 0.05) is 23.7 Å². The van der Waals surface area contributed by atoms with Gasteiger partial charge in [-0.1, -0.05) is 0 Å². The summed E-state index contributed by atoms with van der Waals surface area (Å²) in [7, 11) is 0. The van der Waals surface area contributed by atoms with Crippen molar-refractivity contribution in [1.29, 1.82) is 0 Å². The van der Waals surface area contributed by atoms with E-state index in [4.69, 9.17) is 15.3 Å². The molecule has 0 aliphatic heterocycles. The maximum absolute atomic E-state index is 12.3. The minimum absolute atomic E-state index is 0.00192. The molecular weight excluding hydrogens is 244 g/mol. The van der Waals surface area contributed by atoms with Gasteiger partial charge in [-0.05, 0) is 38.1 Å². The summed E-state index contributed by atoms with van der Waals surface area (Å²) < 4.78 is 5.53. The molecule has 0 bridgehead atoms.